The summed E-state index contributed by atoms with van der Waals surface area (Å²) in [7, 11) is 0. The van der Waals surface area contributed by atoms with Gasteiger partial charge in [-0.2, -0.15) is 0 Å². The topological polar surface area (TPSA) is 24.1 Å². The quantitative estimate of drug-likeness (QED) is 0.663. The molecule has 1 aromatic carbocycles. The Morgan fingerprint density at radius 2 is 1.92 bits per heavy atom. The average Bonchev–Trinajstić information content (AvgIpc) is 2.49. The number of hydrogen-bond donors (Lipinski definition) is 2. The molecule has 1 aromatic rings. The third-order valence-corrected chi connectivity index (χ3v) is 2.27. The van der Waals surface area contributed by atoms with E-state index in [1.807, 2.05) is 0 Å². The number of hydrogen-bond acceptors (Lipinski definition) is 2. The fourth-order valence-electron chi connectivity index (χ4n) is 1.46. The molecule has 0 spiro atoms. The van der Waals surface area contributed by atoms with E-state index in [2.05, 4.69) is 42.7 Å². The van der Waals surface area contributed by atoms with Crippen molar-refractivity contribution in [1.82, 2.24) is 0 Å². The van der Waals surface area contributed by atoms with Crippen LogP contribution in [0.4, 0.5) is 11.4 Å². The van der Waals surface area contributed by atoms with Crippen molar-refractivity contribution < 1.29 is 0 Å². The summed E-state index contributed by atoms with van der Waals surface area (Å²) in [6, 6.07) is 6.55. The first kappa shape index (κ1) is 7.47. The van der Waals surface area contributed by atoms with Crippen LogP contribution < -0.4 is 10.6 Å². The molecular formula is C10H14N2. The van der Waals surface area contributed by atoms with Crippen LogP contribution in [0.1, 0.15) is 25.3 Å². The second-order valence-corrected chi connectivity index (χ2v) is 3.49. The lowest BCUT2D eigenvalue weighted by Crippen LogP contribution is -1.99. The first-order valence-corrected chi connectivity index (χ1v) is 4.39. The molecule has 64 valence electrons. The molecule has 0 aromatic heterocycles. The minimum Gasteiger partial charge on any atom is -0.366 e. The van der Waals surface area contributed by atoms with E-state index in [0.717, 1.165) is 6.67 Å². The van der Waals surface area contributed by atoms with Gasteiger partial charge in [0.25, 0.3) is 0 Å². The maximum atomic E-state index is 3.28. The number of benzene rings is 1. The van der Waals surface area contributed by atoms with Crippen molar-refractivity contribution >= 4 is 11.4 Å². The van der Waals surface area contributed by atoms with E-state index in [4.69, 9.17) is 0 Å². The first-order chi connectivity index (χ1) is 5.77. The zero-order chi connectivity index (χ0) is 8.55. The molecule has 2 N–H and O–H groups in total. The predicted molar refractivity (Wildman–Crippen MR) is 52.6 cm³/mol. The van der Waals surface area contributed by atoms with Crippen LogP contribution in [0.2, 0.25) is 0 Å². The molecule has 1 aliphatic rings. The van der Waals surface area contributed by atoms with Crippen molar-refractivity contribution in [3.8, 4) is 0 Å². The Morgan fingerprint density at radius 1 is 1.17 bits per heavy atom. The van der Waals surface area contributed by atoms with Crippen molar-refractivity contribution in [2.75, 3.05) is 17.3 Å². The third-order valence-electron chi connectivity index (χ3n) is 2.27. The molecular weight excluding hydrogens is 148 g/mol. The Morgan fingerprint density at radius 3 is 2.67 bits per heavy atom. The van der Waals surface area contributed by atoms with Crippen molar-refractivity contribution in [2.45, 2.75) is 19.8 Å². The van der Waals surface area contributed by atoms with E-state index in [1.165, 1.54) is 16.9 Å². The van der Waals surface area contributed by atoms with Crippen LogP contribution in [0.15, 0.2) is 18.2 Å². The first-order valence-electron chi connectivity index (χ1n) is 4.39. The Kier molecular flexibility index (Phi) is 1.68. The fourth-order valence-corrected chi connectivity index (χ4v) is 1.46. The number of anilines is 2. The molecule has 12 heavy (non-hydrogen) atoms. The van der Waals surface area contributed by atoms with E-state index in [9.17, 15) is 0 Å². The van der Waals surface area contributed by atoms with Gasteiger partial charge in [0.05, 0.1) is 18.0 Å². The second-order valence-electron chi connectivity index (χ2n) is 3.49. The number of fused-ring (bicyclic) bond motifs is 1. The highest BCUT2D eigenvalue weighted by Crippen LogP contribution is 2.29. The van der Waals surface area contributed by atoms with Gasteiger partial charge in [0, 0.05) is 0 Å². The van der Waals surface area contributed by atoms with Crippen LogP contribution in [0.5, 0.6) is 0 Å². The molecule has 1 heterocycles. The summed E-state index contributed by atoms with van der Waals surface area (Å²) in [6.07, 6.45) is 0. The molecule has 0 bridgehead atoms. The van der Waals surface area contributed by atoms with Gasteiger partial charge >= 0.3 is 0 Å². The summed E-state index contributed by atoms with van der Waals surface area (Å²) in [4.78, 5) is 0. The van der Waals surface area contributed by atoms with Gasteiger partial charge in [0.2, 0.25) is 0 Å². The van der Waals surface area contributed by atoms with Gasteiger partial charge in [-0.3, -0.25) is 0 Å². The van der Waals surface area contributed by atoms with Gasteiger partial charge in [0.15, 0.2) is 0 Å². The van der Waals surface area contributed by atoms with Crippen LogP contribution in [-0.4, -0.2) is 6.67 Å². The molecule has 0 radical (unpaired) electrons. The Bertz CT molecular complexity index is 292. The van der Waals surface area contributed by atoms with E-state index in [0.29, 0.717) is 5.92 Å². The standard InChI is InChI=1S/C10H14N2/c1-7(2)8-3-4-9-10(5-8)12-6-11-9/h3-5,7,11-12H,6H2,1-2H3. The highest BCUT2D eigenvalue weighted by atomic mass is 15.1. The molecule has 0 saturated carbocycles. The Balaban J connectivity index is 2.39. The molecule has 0 unspecified atom stereocenters. The SMILES string of the molecule is CC(C)c1ccc2c(c1)NCN2. The van der Waals surface area contributed by atoms with Crippen LogP contribution in [0.25, 0.3) is 0 Å². The lowest BCUT2D eigenvalue weighted by atomic mass is 10.0. The normalized spacial score (nSPS) is 13.9. The van der Waals surface area contributed by atoms with Gasteiger partial charge < -0.3 is 10.6 Å². The van der Waals surface area contributed by atoms with Gasteiger partial charge in [0.1, 0.15) is 0 Å². The summed E-state index contributed by atoms with van der Waals surface area (Å²) < 4.78 is 0. The van der Waals surface area contributed by atoms with E-state index >= 15 is 0 Å². The molecule has 2 heteroatoms. The summed E-state index contributed by atoms with van der Waals surface area (Å²) in [5.41, 5.74) is 3.85. The van der Waals surface area contributed by atoms with Crippen LogP contribution in [0.3, 0.4) is 0 Å². The van der Waals surface area contributed by atoms with Crippen molar-refractivity contribution in [2.24, 2.45) is 0 Å². The zero-order valence-electron chi connectivity index (χ0n) is 7.52. The molecule has 0 fully saturated rings. The van der Waals surface area contributed by atoms with E-state index < -0.39 is 0 Å². The molecule has 2 rings (SSSR count). The van der Waals surface area contributed by atoms with Gasteiger partial charge in [-0.25, -0.2) is 0 Å². The summed E-state index contributed by atoms with van der Waals surface area (Å²) >= 11 is 0. The largest absolute Gasteiger partial charge is 0.366 e. The van der Waals surface area contributed by atoms with E-state index in [1.54, 1.807) is 0 Å². The molecule has 0 atom stereocenters. The summed E-state index contributed by atoms with van der Waals surface area (Å²) in [6.45, 7) is 5.28. The maximum absolute atomic E-state index is 3.28. The van der Waals surface area contributed by atoms with E-state index in [-0.39, 0.29) is 0 Å². The van der Waals surface area contributed by atoms with Crippen LogP contribution in [0, 0.1) is 0 Å². The van der Waals surface area contributed by atoms with Gasteiger partial charge in [-0.05, 0) is 23.6 Å². The molecule has 1 aliphatic heterocycles. The Hall–Kier alpha value is -1.18. The lowest BCUT2D eigenvalue weighted by Gasteiger charge is -2.06. The van der Waals surface area contributed by atoms with Gasteiger partial charge in [-0.15, -0.1) is 0 Å². The second kappa shape index (κ2) is 2.70. The summed E-state index contributed by atoms with van der Waals surface area (Å²) in [5, 5.41) is 6.54. The monoisotopic (exact) mass is 162 g/mol. The van der Waals surface area contributed by atoms with Crippen molar-refractivity contribution in [1.29, 1.82) is 0 Å². The molecule has 0 amide bonds. The smallest absolute Gasteiger partial charge is 0.0850 e. The zero-order valence-corrected chi connectivity index (χ0v) is 7.52. The minimum atomic E-state index is 0.609. The summed E-state index contributed by atoms with van der Waals surface area (Å²) in [5.74, 6) is 0.609. The molecule has 2 nitrogen and oxygen atoms in total. The minimum absolute atomic E-state index is 0.609. The number of nitrogens with one attached hydrogen (secondary N) is 2. The average molecular weight is 162 g/mol. The Labute approximate surface area is 73.0 Å². The van der Waals surface area contributed by atoms with Crippen molar-refractivity contribution in [3.63, 3.8) is 0 Å². The fraction of sp³-hybridized carbons (Fsp3) is 0.400. The van der Waals surface area contributed by atoms with Crippen LogP contribution >= 0.6 is 0 Å². The van der Waals surface area contributed by atoms with Crippen LogP contribution in [-0.2, 0) is 0 Å². The van der Waals surface area contributed by atoms with Crippen molar-refractivity contribution in [3.05, 3.63) is 23.8 Å². The highest BCUT2D eigenvalue weighted by molar-refractivity contribution is 5.73. The highest BCUT2D eigenvalue weighted by Gasteiger charge is 2.09. The maximum Gasteiger partial charge on any atom is 0.0850 e. The molecule has 0 saturated heterocycles. The van der Waals surface area contributed by atoms with Gasteiger partial charge in [-0.1, -0.05) is 19.9 Å². The lowest BCUT2D eigenvalue weighted by molar-refractivity contribution is 0.867. The number of rotatable bonds is 1. The third kappa shape index (κ3) is 1.13. The predicted octanol–water partition coefficient (Wildman–Crippen LogP) is 2.60. The molecule has 0 aliphatic carbocycles.